The summed E-state index contributed by atoms with van der Waals surface area (Å²) >= 11 is 5.72. The number of carbonyl (C=O) groups excluding carboxylic acids is 1. The van der Waals surface area contributed by atoms with Gasteiger partial charge in [-0.05, 0) is 41.1 Å². The second-order valence-electron chi connectivity index (χ2n) is 5.08. The van der Waals surface area contributed by atoms with Crippen LogP contribution in [0.4, 0.5) is 0 Å². The Morgan fingerprint density at radius 2 is 2.04 bits per heavy atom. The van der Waals surface area contributed by atoms with Crippen molar-refractivity contribution in [1.29, 1.82) is 0 Å². The molecule has 0 saturated carbocycles. The predicted molar refractivity (Wildman–Crippen MR) is 89.2 cm³/mol. The van der Waals surface area contributed by atoms with Gasteiger partial charge in [0.05, 0.1) is 11.3 Å². The van der Waals surface area contributed by atoms with Gasteiger partial charge < -0.3 is 4.74 Å². The summed E-state index contributed by atoms with van der Waals surface area (Å²) < 4.78 is 33.0. The minimum atomic E-state index is -3.70. The Balaban J connectivity index is 1.78. The van der Waals surface area contributed by atoms with Gasteiger partial charge in [0.1, 0.15) is 0 Å². The number of hydrogen-bond acceptors (Lipinski definition) is 7. The smallest absolute Gasteiger partial charge is 0.307 e. The summed E-state index contributed by atoms with van der Waals surface area (Å²) in [4.78, 5) is 11.8. The van der Waals surface area contributed by atoms with E-state index in [1.807, 2.05) is 6.92 Å². The summed E-state index contributed by atoms with van der Waals surface area (Å²) in [6.45, 7) is 2.46. The van der Waals surface area contributed by atoms with Crippen LogP contribution in [0.1, 0.15) is 25.6 Å². The number of tetrazole rings is 1. The number of halogens is 1. The zero-order valence-corrected chi connectivity index (χ0v) is 15.1. The van der Waals surface area contributed by atoms with Gasteiger partial charge >= 0.3 is 5.97 Å². The number of esters is 1. The lowest BCUT2D eigenvalue weighted by Gasteiger charge is -2.07. The topological polar surface area (TPSA) is 116 Å². The largest absolute Gasteiger partial charge is 0.457 e. The van der Waals surface area contributed by atoms with E-state index >= 15 is 0 Å². The van der Waals surface area contributed by atoms with Crippen LogP contribution in [0.3, 0.4) is 0 Å². The van der Waals surface area contributed by atoms with Gasteiger partial charge in [-0.1, -0.05) is 18.5 Å². The molecule has 0 bridgehead atoms. The fourth-order valence-electron chi connectivity index (χ4n) is 1.91. The number of sulfonamides is 1. The molecule has 0 radical (unpaired) electrons. The van der Waals surface area contributed by atoms with E-state index in [1.165, 1.54) is 24.3 Å². The molecule has 0 amide bonds. The number of nitrogens with zero attached hydrogens (tertiary/aromatic N) is 4. The van der Waals surface area contributed by atoms with Crippen LogP contribution in [0.25, 0.3) is 0 Å². The van der Waals surface area contributed by atoms with Crippen molar-refractivity contribution in [3.63, 3.8) is 0 Å². The second-order valence-corrected chi connectivity index (χ2v) is 7.28. The number of hydrogen-bond donors (Lipinski definition) is 1. The maximum atomic E-state index is 12.0. The van der Waals surface area contributed by atoms with E-state index in [1.54, 1.807) is 4.68 Å². The molecule has 2 aromatic rings. The number of carbonyl (C=O) groups is 1. The van der Waals surface area contributed by atoms with E-state index in [0.717, 1.165) is 6.42 Å². The fourth-order valence-corrected chi connectivity index (χ4v) is 3.07. The Morgan fingerprint density at radius 3 is 2.72 bits per heavy atom. The van der Waals surface area contributed by atoms with E-state index < -0.39 is 16.0 Å². The van der Waals surface area contributed by atoms with Gasteiger partial charge in [0.25, 0.3) is 0 Å². The van der Waals surface area contributed by atoms with Crippen molar-refractivity contribution in [2.45, 2.75) is 37.8 Å². The van der Waals surface area contributed by atoms with Crippen LogP contribution in [0.2, 0.25) is 5.02 Å². The molecule has 2 rings (SSSR count). The van der Waals surface area contributed by atoms with E-state index in [-0.39, 0.29) is 24.5 Å². The molecule has 11 heteroatoms. The summed E-state index contributed by atoms with van der Waals surface area (Å²) in [6, 6.07) is 5.73. The highest BCUT2D eigenvalue weighted by Gasteiger charge is 2.15. The summed E-state index contributed by atoms with van der Waals surface area (Å²) in [7, 11) is -3.70. The lowest BCUT2D eigenvalue weighted by atomic mass is 10.4. The van der Waals surface area contributed by atoms with Crippen molar-refractivity contribution in [1.82, 2.24) is 24.9 Å². The standard InChI is InChI=1S/C14H18ClN5O4S/c1-2-9-20-13(17-18-19-20)10-24-14(21)7-8-16-25(22,23)12-5-3-11(15)4-6-12/h3-6,16H,2,7-10H2,1H3. The summed E-state index contributed by atoms with van der Waals surface area (Å²) in [6.07, 6.45) is 0.737. The Hall–Kier alpha value is -2.04. The molecule has 1 N–H and O–H groups in total. The molecule has 1 heterocycles. The molecule has 1 aromatic heterocycles. The summed E-state index contributed by atoms with van der Waals surface area (Å²) in [5.74, 6) is -0.109. The first-order chi connectivity index (χ1) is 11.9. The molecule has 0 fully saturated rings. The van der Waals surface area contributed by atoms with Gasteiger partial charge in [0.15, 0.2) is 12.4 Å². The molecule has 0 aliphatic carbocycles. The van der Waals surface area contributed by atoms with Crippen LogP contribution in [0.15, 0.2) is 29.2 Å². The molecule has 0 spiro atoms. The zero-order chi connectivity index (χ0) is 18.3. The van der Waals surface area contributed by atoms with Crippen molar-refractivity contribution in [2.75, 3.05) is 6.54 Å². The lowest BCUT2D eigenvalue weighted by molar-refractivity contribution is -0.145. The first-order valence-electron chi connectivity index (χ1n) is 7.58. The first kappa shape index (κ1) is 19.3. The highest BCUT2D eigenvalue weighted by Crippen LogP contribution is 2.13. The van der Waals surface area contributed by atoms with Crippen molar-refractivity contribution in [3.8, 4) is 0 Å². The van der Waals surface area contributed by atoms with Crippen LogP contribution >= 0.6 is 11.6 Å². The highest BCUT2D eigenvalue weighted by molar-refractivity contribution is 7.89. The number of aromatic nitrogens is 4. The Labute approximate surface area is 150 Å². The Bertz CT molecular complexity index is 807. The van der Waals surface area contributed by atoms with Crippen LogP contribution in [-0.2, 0) is 32.7 Å². The lowest BCUT2D eigenvalue weighted by Crippen LogP contribution is -2.26. The fraction of sp³-hybridized carbons (Fsp3) is 0.429. The van der Waals surface area contributed by atoms with Gasteiger partial charge in [-0.25, -0.2) is 17.8 Å². The monoisotopic (exact) mass is 387 g/mol. The first-order valence-corrected chi connectivity index (χ1v) is 9.44. The number of ether oxygens (including phenoxy) is 1. The molecule has 25 heavy (non-hydrogen) atoms. The molecule has 9 nitrogen and oxygen atoms in total. The molecule has 0 aliphatic heterocycles. The molecule has 0 atom stereocenters. The SMILES string of the molecule is CCCn1nnnc1COC(=O)CCNS(=O)(=O)c1ccc(Cl)cc1. The molecule has 0 aliphatic rings. The quantitative estimate of drug-likeness (QED) is 0.641. The van der Waals surface area contributed by atoms with E-state index in [4.69, 9.17) is 16.3 Å². The van der Waals surface area contributed by atoms with Gasteiger partial charge in [0.2, 0.25) is 10.0 Å². The number of nitrogens with one attached hydrogen (secondary N) is 1. The van der Waals surface area contributed by atoms with Crippen LogP contribution < -0.4 is 4.72 Å². The third-order valence-electron chi connectivity index (χ3n) is 3.15. The van der Waals surface area contributed by atoms with Crippen molar-refractivity contribution in [2.24, 2.45) is 0 Å². The molecule has 0 saturated heterocycles. The molecular weight excluding hydrogens is 370 g/mol. The average Bonchev–Trinajstić information content (AvgIpc) is 3.01. The minimum absolute atomic E-state index is 0.0598. The number of benzene rings is 1. The van der Waals surface area contributed by atoms with Crippen molar-refractivity contribution in [3.05, 3.63) is 35.1 Å². The van der Waals surface area contributed by atoms with E-state index in [2.05, 4.69) is 20.2 Å². The Kier molecular flexibility index (Phi) is 6.85. The maximum absolute atomic E-state index is 12.0. The summed E-state index contributed by atoms with van der Waals surface area (Å²) in [5, 5.41) is 11.5. The molecule has 1 aromatic carbocycles. The van der Waals surface area contributed by atoms with Gasteiger partial charge in [-0.15, -0.1) is 5.10 Å². The zero-order valence-electron chi connectivity index (χ0n) is 13.6. The highest BCUT2D eigenvalue weighted by atomic mass is 35.5. The van der Waals surface area contributed by atoms with Gasteiger partial charge in [0, 0.05) is 18.1 Å². The van der Waals surface area contributed by atoms with Crippen molar-refractivity contribution >= 4 is 27.6 Å². The number of aryl methyl sites for hydroxylation is 1. The third kappa shape index (κ3) is 5.76. The Morgan fingerprint density at radius 1 is 1.32 bits per heavy atom. The van der Waals surface area contributed by atoms with E-state index in [9.17, 15) is 13.2 Å². The number of rotatable bonds is 9. The van der Waals surface area contributed by atoms with Crippen LogP contribution in [-0.4, -0.2) is 41.1 Å². The summed E-state index contributed by atoms with van der Waals surface area (Å²) in [5.41, 5.74) is 0. The molecule has 0 unspecified atom stereocenters. The van der Waals surface area contributed by atoms with Gasteiger partial charge in [-0.2, -0.15) is 0 Å². The molecular formula is C14H18ClN5O4S. The third-order valence-corrected chi connectivity index (χ3v) is 4.88. The minimum Gasteiger partial charge on any atom is -0.457 e. The van der Waals surface area contributed by atoms with E-state index in [0.29, 0.717) is 17.4 Å². The normalized spacial score (nSPS) is 11.4. The van der Waals surface area contributed by atoms with Gasteiger partial charge in [-0.3, -0.25) is 4.79 Å². The van der Waals surface area contributed by atoms with Crippen LogP contribution in [0.5, 0.6) is 0 Å². The van der Waals surface area contributed by atoms with Crippen molar-refractivity contribution < 1.29 is 17.9 Å². The maximum Gasteiger partial charge on any atom is 0.307 e. The second kappa shape index (κ2) is 8.88. The average molecular weight is 388 g/mol. The molecule has 136 valence electrons. The van der Waals surface area contributed by atoms with Crippen LogP contribution in [0, 0.1) is 0 Å². The predicted octanol–water partition coefficient (Wildman–Crippen LogP) is 1.15.